The minimum Gasteiger partial charge on any atom is -0.361 e. The van der Waals surface area contributed by atoms with Gasteiger partial charge in [-0.25, -0.2) is 4.39 Å². The molecule has 1 aromatic heterocycles. The summed E-state index contributed by atoms with van der Waals surface area (Å²) in [6.07, 6.45) is 0. The zero-order valence-electron chi connectivity index (χ0n) is 11.1. The van der Waals surface area contributed by atoms with E-state index in [9.17, 15) is 4.39 Å². The predicted molar refractivity (Wildman–Crippen MR) is 75.3 cm³/mol. The first-order valence-electron chi connectivity index (χ1n) is 6.09. The highest BCUT2D eigenvalue weighted by molar-refractivity contribution is 9.10. The quantitative estimate of drug-likeness (QED) is 0.921. The third-order valence-electron chi connectivity index (χ3n) is 3.12. The highest BCUT2D eigenvalue weighted by Crippen LogP contribution is 2.22. The molecule has 1 unspecified atom stereocenters. The van der Waals surface area contributed by atoms with Crippen LogP contribution in [0.3, 0.4) is 0 Å². The summed E-state index contributed by atoms with van der Waals surface area (Å²) >= 11 is 3.14. The van der Waals surface area contributed by atoms with Gasteiger partial charge in [-0.3, -0.25) is 0 Å². The highest BCUT2D eigenvalue weighted by Gasteiger charge is 2.15. The average Bonchev–Trinajstić information content (AvgIpc) is 2.70. The maximum atomic E-state index is 13.4. The van der Waals surface area contributed by atoms with Crippen LogP contribution in [0.2, 0.25) is 0 Å². The van der Waals surface area contributed by atoms with Crippen LogP contribution in [0.5, 0.6) is 0 Å². The molecular formula is C14H16BrFN2O. The summed E-state index contributed by atoms with van der Waals surface area (Å²) in [5.41, 5.74) is 2.86. The summed E-state index contributed by atoms with van der Waals surface area (Å²) in [5, 5.41) is 7.28. The molecule has 1 heterocycles. The monoisotopic (exact) mass is 326 g/mol. The van der Waals surface area contributed by atoms with E-state index >= 15 is 0 Å². The molecular weight excluding hydrogens is 311 g/mol. The van der Waals surface area contributed by atoms with Gasteiger partial charge < -0.3 is 9.84 Å². The molecule has 19 heavy (non-hydrogen) atoms. The lowest BCUT2D eigenvalue weighted by atomic mass is 10.1. The minimum absolute atomic E-state index is 0.109. The Labute approximate surface area is 120 Å². The molecule has 2 aromatic rings. The molecule has 0 saturated carbocycles. The second-order valence-corrected chi connectivity index (χ2v) is 5.44. The number of hydrogen-bond donors (Lipinski definition) is 1. The maximum Gasteiger partial charge on any atom is 0.138 e. The molecule has 2 rings (SSSR count). The minimum atomic E-state index is -0.246. The maximum absolute atomic E-state index is 13.4. The lowest BCUT2D eigenvalue weighted by Crippen LogP contribution is -2.19. The van der Waals surface area contributed by atoms with E-state index in [0.29, 0.717) is 11.0 Å². The topological polar surface area (TPSA) is 38.1 Å². The van der Waals surface area contributed by atoms with Crippen molar-refractivity contribution in [1.29, 1.82) is 0 Å². The van der Waals surface area contributed by atoms with E-state index in [1.165, 1.54) is 6.07 Å². The first-order valence-corrected chi connectivity index (χ1v) is 6.88. The van der Waals surface area contributed by atoms with E-state index in [0.717, 1.165) is 22.6 Å². The fraction of sp³-hybridized carbons (Fsp3) is 0.357. The van der Waals surface area contributed by atoms with Gasteiger partial charge in [0, 0.05) is 18.2 Å². The van der Waals surface area contributed by atoms with Crippen molar-refractivity contribution in [3.8, 4) is 0 Å². The van der Waals surface area contributed by atoms with Gasteiger partial charge in [0.05, 0.1) is 10.2 Å². The van der Waals surface area contributed by atoms with Crippen molar-refractivity contribution >= 4 is 15.9 Å². The van der Waals surface area contributed by atoms with Crippen molar-refractivity contribution in [1.82, 2.24) is 10.5 Å². The summed E-state index contributed by atoms with van der Waals surface area (Å²) in [4.78, 5) is 0. The van der Waals surface area contributed by atoms with Crippen LogP contribution in [0.1, 0.15) is 35.5 Å². The Balaban J connectivity index is 2.04. The molecule has 0 saturated heterocycles. The number of nitrogens with zero attached hydrogens (tertiary/aromatic N) is 1. The van der Waals surface area contributed by atoms with Crippen molar-refractivity contribution in [3.63, 3.8) is 0 Å². The van der Waals surface area contributed by atoms with Gasteiger partial charge in [0.2, 0.25) is 0 Å². The third kappa shape index (κ3) is 3.22. The van der Waals surface area contributed by atoms with Gasteiger partial charge in [0.25, 0.3) is 0 Å². The van der Waals surface area contributed by atoms with E-state index in [1.54, 1.807) is 6.07 Å². The van der Waals surface area contributed by atoms with Gasteiger partial charge in [-0.2, -0.15) is 0 Å². The molecule has 0 radical (unpaired) electrons. The number of aromatic nitrogens is 1. The van der Waals surface area contributed by atoms with Gasteiger partial charge in [-0.15, -0.1) is 0 Å². The number of benzene rings is 1. The second kappa shape index (κ2) is 5.84. The molecule has 1 aromatic carbocycles. The summed E-state index contributed by atoms with van der Waals surface area (Å²) < 4.78 is 19.0. The largest absolute Gasteiger partial charge is 0.361 e. The Morgan fingerprint density at radius 1 is 1.42 bits per heavy atom. The first kappa shape index (κ1) is 14.2. The third-order valence-corrected chi connectivity index (χ3v) is 3.76. The molecule has 0 aliphatic carbocycles. The van der Waals surface area contributed by atoms with Crippen molar-refractivity contribution in [2.75, 3.05) is 0 Å². The lowest BCUT2D eigenvalue weighted by Gasteiger charge is -2.13. The normalized spacial score (nSPS) is 12.7. The molecule has 0 amide bonds. The van der Waals surface area contributed by atoms with Crippen molar-refractivity contribution in [2.45, 2.75) is 33.4 Å². The van der Waals surface area contributed by atoms with Gasteiger partial charge in [-0.05, 0) is 54.4 Å². The van der Waals surface area contributed by atoms with E-state index in [4.69, 9.17) is 4.52 Å². The van der Waals surface area contributed by atoms with Gasteiger partial charge in [0.1, 0.15) is 11.6 Å². The Kier molecular flexibility index (Phi) is 4.37. The van der Waals surface area contributed by atoms with Crippen LogP contribution in [0.25, 0.3) is 0 Å². The van der Waals surface area contributed by atoms with Crippen LogP contribution in [0, 0.1) is 19.7 Å². The molecule has 1 N–H and O–H groups in total. The lowest BCUT2D eigenvalue weighted by molar-refractivity contribution is 0.390. The predicted octanol–water partition coefficient (Wildman–Crippen LogP) is 4.04. The van der Waals surface area contributed by atoms with Crippen LogP contribution in [-0.2, 0) is 6.54 Å². The summed E-state index contributed by atoms with van der Waals surface area (Å²) in [6, 6.07) is 5.24. The number of nitrogens with one attached hydrogen (secondary N) is 1. The molecule has 0 aliphatic rings. The average molecular weight is 327 g/mol. The summed E-state index contributed by atoms with van der Waals surface area (Å²) in [6.45, 7) is 6.45. The highest BCUT2D eigenvalue weighted by atomic mass is 79.9. The Hall–Kier alpha value is -1.20. The molecule has 5 heteroatoms. The van der Waals surface area contributed by atoms with Crippen molar-refractivity contribution in [2.24, 2.45) is 0 Å². The smallest absolute Gasteiger partial charge is 0.138 e. The van der Waals surface area contributed by atoms with E-state index < -0.39 is 0 Å². The zero-order chi connectivity index (χ0) is 14.0. The summed E-state index contributed by atoms with van der Waals surface area (Å²) in [7, 11) is 0. The first-order chi connectivity index (χ1) is 8.99. The van der Waals surface area contributed by atoms with Gasteiger partial charge in [0.15, 0.2) is 0 Å². The Morgan fingerprint density at radius 2 is 2.16 bits per heavy atom. The second-order valence-electron chi connectivity index (χ2n) is 4.59. The number of rotatable bonds is 4. The molecule has 0 fully saturated rings. The summed E-state index contributed by atoms with van der Waals surface area (Å²) in [5.74, 6) is 0.573. The number of halogens is 2. The number of hydrogen-bond acceptors (Lipinski definition) is 3. The Bertz CT molecular complexity index is 563. The molecule has 0 aliphatic heterocycles. The van der Waals surface area contributed by atoms with Crippen molar-refractivity contribution < 1.29 is 8.91 Å². The standard InChI is InChI=1S/C14H16BrFN2O/c1-8(14-9(2)18-19-10(14)3)17-7-11-4-5-12(15)13(16)6-11/h4-6,8,17H,7H2,1-3H3. The Morgan fingerprint density at radius 3 is 2.74 bits per heavy atom. The molecule has 1 atom stereocenters. The van der Waals surface area contributed by atoms with Crippen LogP contribution in [0.4, 0.5) is 4.39 Å². The van der Waals surface area contributed by atoms with Crippen LogP contribution in [0.15, 0.2) is 27.2 Å². The molecule has 102 valence electrons. The molecule has 0 spiro atoms. The van der Waals surface area contributed by atoms with Crippen LogP contribution < -0.4 is 5.32 Å². The fourth-order valence-corrected chi connectivity index (χ4v) is 2.38. The van der Waals surface area contributed by atoms with Gasteiger partial charge in [-0.1, -0.05) is 11.2 Å². The van der Waals surface area contributed by atoms with Gasteiger partial charge >= 0.3 is 0 Å². The SMILES string of the molecule is Cc1noc(C)c1C(C)NCc1ccc(Br)c(F)c1. The van der Waals surface area contributed by atoms with Crippen molar-refractivity contribution in [3.05, 3.63) is 51.1 Å². The van der Waals surface area contributed by atoms with Crippen LogP contribution in [-0.4, -0.2) is 5.16 Å². The van der Waals surface area contributed by atoms with E-state index in [2.05, 4.69) is 26.4 Å². The van der Waals surface area contributed by atoms with E-state index in [1.807, 2.05) is 26.8 Å². The zero-order valence-corrected chi connectivity index (χ0v) is 12.7. The van der Waals surface area contributed by atoms with Crippen LogP contribution >= 0.6 is 15.9 Å². The fourth-order valence-electron chi connectivity index (χ4n) is 2.13. The van der Waals surface area contributed by atoms with E-state index in [-0.39, 0.29) is 11.9 Å². The number of aryl methyl sites for hydroxylation is 2. The molecule has 3 nitrogen and oxygen atoms in total. The molecule has 0 bridgehead atoms.